The van der Waals surface area contributed by atoms with Gasteiger partial charge in [0, 0.05) is 6.42 Å². The molecule has 25 heavy (non-hydrogen) atoms. The maximum absolute atomic E-state index is 12.3. The summed E-state index contributed by atoms with van der Waals surface area (Å²) in [6.45, 7) is 0.546. The van der Waals surface area contributed by atoms with E-state index in [-0.39, 0.29) is 11.4 Å². The quantitative estimate of drug-likeness (QED) is 0.840. The second-order valence-corrected chi connectivity index (χ2v) is 8.18. The molecule has 2 aliphatic heterocycles. The lowest BCUT2D eigenvalue weighted by molar-refractivity contribution is -0.226. The van der Waals surface area contributed by atoms with Gasteiger partial charge in [-0.05, 0) is 55.9 Å². The van der Waals surface area contributed by atoms with E-state index in [9.17, 15) is 4.79 Å². The van der Waals surface area contributed by atoms with Crippen molar-refractivity contribution in [3.63, 3.8) is 0 Å². The molecule has 132 valence electrons. The number of aryl methyl sites for hydroxylation is 2. The van der Waals surface area contributed by atoms with Crippen LogP contribution in [0.1, 0.15) is 43.6 Å². The number of aromatic nitrogens is 2. The molecule has 0 spiro atoms. The molecular formula is C20H24N2O3. The Bertz CT molecular complexity index is 773. The zero-order chi connectivity index (χ0) is 16.9. The van der Waals surface area contributed by atoms with E-state index in [1.807, 2.05) is 18.2 Å². The molecule has 4 bridgehead atoms. The highest BCUT2D eigenvalue weighted by Crippen LogP contribution is 2.53. The van der Waals surface area contributed by atoms with Crippen LogP contribution in [-0.4, -0.2) is 21.5 Å². The van der Waals surface area contributed by atoms with E-state index in [4.69, 9.17) is 9.15 Å². The van der Waals surface area contributed by atoms with Gasteiger partial charge < -0.3 is 9.15 Å². The van der Waals surface area contributed by atoms with Crippen LogP contribution >= 0.6 is 0 Å². The molecule has 2 aliphatic carbocycles. The van der Waals surface area contributed by atoms with E-state index >= 15 is 0 Å². The first-order chi connectivity index (χ1) is 12.2. The Hall–Kier alpha value is -1.88. The summed E-state index contributed by atoms with van der Waals surface area (Å²) in [6.07, 6.45) is 7.76. The SMILES string of the molecule is O=c1oc(CCc2ccccc2)nn1CC12CC3CC(CC(C3)O1)C2. The predicted molar refractivity (Wildman–Crippen MR) is 92.3 cm³/mol. The van der Waals surface area contributed by atoms with Crippen molar-refractivity contribution in [1.82, 2.24) is 9.78 Å². The number of nitrogens with zero attached hydrogens (tertiary/aromatic N) is 2. The van der Waals surface area contributed by atoms with Gasteiger partial charge >= 0.3 is 5.76 Å². The van der Waals surface area contributed by atoms with Crippen LogP contribution in [0.3, 0.4) is 0 Å². The van der Waals surface area contributed by atoms with E-state index in [0.717, 1.165) is 31.1 Å². The Balaban J connectivity index is 1.30. The number of hydrogen-bond donors (Lipinski definition) is 0. The number of benzene rings is 1. The fourth-order valence-electron chi connectivity index (χ4n) is 5.40. The molecule has 2 saturated heterocycles. The molecule has 1 aromatic heterocycles. The summed E-state index contributed by atoms with van der Waals surface area (Å²) in [6, 6.07) is 10.2. The lowest BCUT2D eigenvalue weighted by Gasteiger charge is -2.56. The van der Waals surface area contributed by atoms with Crippen LogP contribution in [0, 0.1) is 11.8 Å². The monoisotopic (exact) mass is 340 g/mol. The number of ether oxygens (including phenoxy) is 1. The van der Waals surface area contributed by atoms with E-state index in [2.05, 4.69) is 17.2 Å². The maximum atomic E-state index is 12.3. The van der Waals surface area contributed by atoms with Gasteiger partial charge in [0.2, 0.25) is 5.89 Å². The van der Waals surface area contributed by atoms with Gasteiger partial charge in [-0.2, -0.15) is 4.68 Å². The van der Waals surface area contributed by atoms with Crippen LogP contribution in [0.4, 0.5) is 0 Å². The Kier molecular flexibility index (Phi) is 3.59. The van der Waals surface area contributed by atoms with Gasteiger partial charge in [-0.3, -0.25) is 0 Å². The summed E-state index contributed by atoms with van der Waals surface area (Å²) in [5.41, 5.74) is 1.04. The average molecular weight is 340 g/mol. The third-order valence-corrected chi connectivity index (χ3v) is 6.15. The van der Waals surface area contributed by atoms with Crippen molar-refractivity contribution in [2.45, 2.75) is 63.2 Å². The number of rotatable bonds is 5. The van der Waals surface area contributed by atoms with E-state index < -0.39 is 0 Å². The highest BCUT2D eigenvalue weighted by atomic mass is 16.5. The van der Waals surface area contributed by atoms with Gasteiger partial charge in [0.15, 0.2) is 0 Å². The molecule has 0 amide bonds. The number of hydrogen-bond acceptors (Lipinski definition) is 4. The smallest absolute Gasteiger partial charge is 0.392 e. The van der Waals surface area contributed by atoms with E-state index in [0.29, 0.717) is 25.0 Å². The molecule has 2 saturated carbocycles. The topological polar surface area (TPSA) is 57.3 Å². The summed E-state index contributed by atoms with van der Waals surface area (Å²) in [5.74, 6) is 1.72. The molecule has 4 aliphatic rings. The van der Waals surface area contributed by atoms with Gasteiger partial charge in [-0.1, -0.05) is 30.3 Å². The normalized spacial score (nSPS) is 33.0. The summed E-state index contributed by atoms with van der Waals surface area (Å²) in [5, 5.41) is 4.46. The molecule has 0 N–H and O–H groups in total. The first-order valence-electron chi connectivity index (χ1n) is 9.46. The van der Waals surface area contributed by atoms with Gasteiger partial charge in [0.1, 0.15) is 0 Å². The maximum Gasteiger partial charge on any atom is 0.437 e. The van der Waals surface area contributed by atoms with Crippen LogP contribution in [-0.2, 0) is 24.1 Å². The molecule has 2 unspecified atom stereocenters. The third-order valence-electron chi connectivity index (χ3n) is 6.15. The van der Waals surface area contributed by atoms with Gasteiger partial charge in [-0.25, -0.2) is 4.79 Å². The van der Waals surface area contributed by atoms with Crippen molar-refractivity contribution >= 4 is 0 Å². The second-order valence-electron chi connectivity index (χ2n) is 8.18. The first-order valence-corrected chi connectivity index (χ1v) is 9.46. The van der Waals surface area contributed by atoms with Gasteiger partial charge in [0.25, 0.3) is 0 Å². The predicted octanol–water partition coefficient (Wildman–Crippen LogP) is 2.97. The minimum atomic E-state index is -0.345. The third kappa shape index (κ3) is 2.95. The summed E-state index contributed by atoms with van der Waals surface area (Å²) in [4.78, 5) is 12.3. The zero-order valence-electron chi connectivity index (χ0n) is 14.4. The van der Waals surface area contributed by atoms with Crippen LogP contribution in [0.25, 0.3) is 0 Å². The highest BCUT2D eigenvalue weighted by molar-refractivity contribution is 5.15. The minimum absolute atomic E-state index is 0.188. The van der Waals surface area contributed by atoms with Crippen molar-refractivity contribution < 1.29 is 9.15 Å². The molecule has 1 aromatic carbocycles. The molecule has 4 fully saturated rings. The Morgan fingerprint density at radius 3 is 2.56 bits per heavy atom. The average Bonchev–Trinajstić information content (AvgIpc) is 2.92. The summed E-state index contributed by atoms with van der Waals surface area (Å²) >= 11 is 0. The van der Waals surface area contributed by atoms with Crippen molar-refractivity contribution in [1.29, 1.82) is 0 Å². The molecular weight excluding hydrogens is 316 g/mol. The first kappa shape index (κ1) is 15.4. The van der Waals surface area contributed by atoms with Crippen LogP contribution in [0.5, 0.6) is 0 Å². The fourth-order valence-corrected chi connectivity index (χ4v) is 5.40. The molecule has 6 rings (SSSR count). The second kappa shape index (κ2) is 5.84. The fraction of sp³-hybridized carbons (Fsp3) is 0.600. The van der Waals surface area contributed by atoms with Gasteiger partial charge in [0.05, 0.1) is 18.2 Å². The lowest BCUT2D eigenvalue weighted by atomic mass is 9.62. The van der Waals surface area contributed by atoms with E-state index in [1.54, 1.807) is 0 Å². The molecule has 5 nitrogen and oxygen atoms in total. The Morgan fingerprint density at radius 1 is 1.08 bits per heavy atom. The zero-order valence-corrected chi connectivity index (χ0v) is 14.4. The van der Waals surface area contributed by atoms with Crippen LogP contribution in [0.15, 0.2) is 39.5 Å². The van der Waals surface area contributed by atoms with Crippen molar-refractivity contribution in [3.05, 3.63) is 52.3 Å². The van der Waals surface area contributed by atoms with Crippen LogP contribution < -0.4 is 5.76 Å². The van der Waals surface area contributed by atoms with Crippen LogP contribution in [0.2, 0.25) is 0 Å². The van der Waals surface area contributed by atoms with Crippen molar-refractivity contribution in [3.8, 4) is 0 Å². The molecule has 3 heterocycles. The molecule has 0 radical (unpaired) electrons. The van der Waals surface area contributed by atoms with Gasteiger partial charge in [-0.15, -0.1) is 5.10 Å². The highest BCUT2D eigenvalue weighted by Gasteiger charge is 2.52. The standard InChI is InChI=1S/C20H24N2O3/c23-19-22(21-18(24-19)7-6-14-4-2-1-3-5-14)13-20-11-15-8-16(12-20)10-17(9-15)25-20/h1-5,15-17H,6-13H2. The minimum Gasteiger partial charge on any atom is -0.392 e. The van der Waals surface area contributed by atoms with E-state index in [1.165, 1.54) is 29.5 Å². The lowest BCUT2D eigenvalue weighted by Crippen LogP contribution is -2.57. The summed E-state index contributed by atoms with van der Waals surface area (Å²) in [7, 11) is 0. The summed E-state index contributed by atoms with van der Waals surface area (Å²) < 4.78 is 13.3. The Labute approximate surface area is 147 Å². The Morgan fingerprint density at radius 2 is 1.84 bits per heavy atom. The molecule has 5 heteroatoms. The largest absolute Gasteiger partial charge is 0.437 e. The molecule has 2 aromatic rings. The van der Waals surface area contributed by atoms with Crippen molar-refractivity contribution in [2.24, 2.45) is 11.8 Å². The van der Waals surface area contributed by atoms with Crippen molar-refractivity contribution in [2.75, 3.05) is 0 Å². The molecule has 2 atom stereocenters.